The molecule has 3 rings (SSSR count). The maximum absolute atomic E-state index is 6.24. The molecule has 2 aromatic rings. The Hall–Kier alpha value is -1.42. The summed E-state index contributed by atoms with van der Waals surface area (Å²) in [7, 11) is 0. The Kier molecular flexibility index (Phi) is 3.04. The lowest BCUT2D eigenvalue weighted by atomic mass is 10.2. The van der Waals surface area contributed by atoms with Gasteiger partial charge in [0.05, 0.1) is 12.5 Å². The Morgan fingerprint density at radius 1 is 1.33 bits per heavy atom. The van der Waals surface area contributed by atoms with E-state index in [0.29, 0.717) is 11.0 Å². The molecule has 0 atom stereocenters. The molecule has 18 heavy (non-hydrogen) atoms. The van der Waals surface area contributed by atoms with Crippen molar-refractivity contribution in [2.75, 3.05) is 0 Å². The Labute approximate surface area is 111 Å². The zero-order chi connectivity index (χ0) is 12.5. The van der Waals surface area contributed by atoms with Crippen LogP contribution in [0.5, 0.6) is 0 Å². The zero-order valence-electron chi connectivity index (χ0n) is 10.4. The van der Waals surface area contributed by atoms with E-state index >= 15 is 0 Å². The van der Waals surface area contributed by atoms with Crippen molar-refractivity contribution in [1.29, 1.82) is 0 Å². The summed E-state index contributed by atoms with van der Waals surface area (Å²) < 4.78 is 2.08. The van der Waals surface area contributed by atoms with E-state index in [0.717, 1.165) is 49.2 Å². The Morgan fingerprint density at radius 2 is 2.22 bits per heavy atom. The van der Waals surface area contributed by atoms with Gasteiger partial charge in [-0.1, -0.05) is 18.5 Å². The van der Waals surface area contributed by atoms with E-state index in [2.05, 4.69) is 26.4 Å². The van der Waals surface area contributed by atoms with Crippen molar-refractivity contribution in [3.8, 4) is 11.5 Å². The number of aromatic nitrogens is 4. The van der Waals surface area contributed by atoms with Crippen LogP contribution in [-0.2, 0) is 19.4 Å². The monoisotopic (exact) mass is 262 g/mol. The van der Waals surface area contributed by atoms with Crippen LogP contribution in [0.1, 0.15) is 31.0 Å². The predicted octanol–water partition coefficient (Wildman–Crippen LogP) is 2.89. The number of hydrogen-bond donors (Lipinski definition) is 0. The van der Waals surface area contributed by atoms with Crippen molar-refractivity contribution in [2.24, 2.45) is 0 Å². The molecule has 94 valence electrons. The first-order valence-electron chi connectivity index (χ1n) is 6.35. The third kappa shape index (κ3) is 1.90. The molecule has 2 aromatic heterocycles. The van der Waals surface area contributed by atoms with Crippen LogP contribution in [0.25, 0.3) is 11.5 Å². The van der Waals surface area contributed by atoms with Crippen molar-refractivity contribution in [1.82, 2.24) is 19.5 Å². The maximum Gasteiger partial charge on any atom is 0.179 e. The second-order valence-corrected chi connectivity index (χ2v) is 4.95. The fourth-order valence-electron chi connectivity index (χ4n) is 2.43. The third-order valence-corrected chi connectivity index (χ3v) is 3.60. The summed E-state index contributed by atoms with van der Waals surface area (Å²) in [6.45, 7) is 3.06. The van der Waals surface area contributed by atoms with Gasteiger partial charge in [0.1, 0.15) is 10.8 Å². The lowest BCUT2D eigenvalue weighted by Crippen LogP contribution is -2.03. The molecule has 0 amide bonds. The number of aryl methyl sites for hydroxylation is 2. The lowest BCUT2D eigenvalue weighted by molar-refractivity contribution is 0.681. The molecule has 0 spiro atoms. The van der Waals surface area contributed by atoms with Crippen molar-refractivity contribution in [2.45, 2.75) is 39.2 Å². The van der Waals surface area contributed by atoms with Gasteiger partial charge in [-0.05, 0) is 25.7 Å². The molecule has 0 aliphatic heterocycles. The van der Waals surface area contributed by atoms with Crippen LogP contribution in [0.2, 0.25) is 5.15 Å². The van der Waals surface area contributed by atoms with Crippen LogP contribution in [0.15, 0.2) is 12.5 Å². The Morgan fingerprint density at radius 3 is 3.06 bits per heavy atom. The minimum atomic E-state index is 0.608. The predicted molar refractivity (Wildman–Crippen MR) is 70.6 cm³/mol. The summed E-state index contributed by atoms with van der Waals surface area (Å²) in [5, 5.41) is 0.608. The Balaban J connectivity index is 2.06. The lowest BCUT2D eigenvalue weighted by Gasteiger charge is -2.08. The summed E-state index contributed by atoms with van der Waals surface area (Å²) in [6, 6.07) is 0. The van der Waals surface area contributed by atoms with Crippen molar-refractivity contribution < 1.29 is 0 Å². The molecule has 0 saturated heterocycles. The van der Waals surface area contributed by atoms with Gasteiger partial charge >= 0.3 is 0 Å². The van der Waals surface area contributed by atoms with E-state index in [9.17, 15) is 0 Å². The SMILES string of the molecule is CCCn1cncc1-c1nc(Cl)c2c(n1)CCC2. The van der Waals surface area contributed by atoms with E-state index in [-0.39, 0.29) is 0 Å². The first-order chi connectivity index (χ1) is 8.79. The summed E-state index contributed by atoms with van der Waals surface area (Å²) >= 11 is 6.24. The quantitative estimate of drug-likeness (QED) is 0.799. The summed E-state index contributed by atoms with van der Waals surface area (Å²) in [5.41, 5.74) is 3.18. The average Bonchev–Trinajstić information content (AvgIpc) is 2.97. The molecule has 4 nitrogen and oxygen atoms in total. The smallest absolute Gasteiger partial charge is 0.179 e. The van der Waals surface area contributed by atoms with E-state index in [1.807, 2.05) is 12.5 Å². The molecule has 5 heteroatoms. The molecule has 2 heterocycles. The second-order valence-electron chi connectivity index (χ2n) is 4.59. The van der Waals surface area contributed by atoms with Crippen LogP contribution in [-0.4, -0.2) is 19.5 Å². The average molecular weight is 263 g/mol. The molecule has 0 unspecified atom stereocenters. The maximum atomic E-state index is 6.24. The molecule has 0 fully saturated rings. The van der Waals surface area contributed by atoms with Crippen LogP contribution < -0.4 is 0 Å². The van der Waals surface area contributed by atoms with Gasteiger partial charge in [-0.3, -0.25) is 0 Å². The minimum absolute atomic E-state index is 0.608. The highest BCUT2D eigenvalue weighted by Crippen LogP contribution is 2.28. The van der Waals surface area contributed by atoms with Crippen LogP contribution >= 0.6 is 11.6 Å². The van der Waals surface area contributed by atoms with E-state index in [1.54, 1.807) is 0 Å². The van der Waals surface area contributed by atoms with Gasteiger partial charge in [0, 0.05) is 17.8 Å². The first kappa shape index (κ1) is 11.7. The summed E-state index contributed by atoms with van der Waals surface area (Å²) in [5.74, 6) is 0.701. The van der Waals surface area contributed by atoms with Gasteiger partial charge in [-0.2, -0.15) is 0 Å². The second kappa shape index (κ2) is 4.69. The van der Waals surface area contributed by atoms with Crippen LogP contribution in [0.3, 0.4) is 0 Å². The van der Waals surface area contributed by atoms with Gasteiger partial charge in [-0.15, -0.1) is 0 Å². The highest BCUT2D eigenvalue weighted by atomic mass is 35.5. The fourth-order valence-corrected chi connectivity index (χ4v) is 2.71. The Bertz CT molecular complexity index is 576. The highest BCUT2D eigenvalue weighted by molar-refractivity contribution is 6.30. The minimum Gasteiger partial charge on any atom is -0.328 e. The number of fused-ring (bicyclic) bond motifs is 1. The molecule has 1 aliphatic rings. The van der Waals surface area contributed by atoms with Crippen LogP contribution in [0, 0.1) is 0 Å². The van der Waals surface area contributed by atoms with Gasteiger partial charge < -0.3 is 4.57 Å². The number of hydrogen-bond acceptors (Lipinski definition) is 3. The third-order valence-electron chi connectivity index (χ3n) is 3.29. The molecule has 1 aliphatic carbocycles. The molecular formula is C13H15ClN4. The molecule has 0 N–H and O–H groups in total. The first-order valence-corrected chi connectivity index (χ1v) is 6.73. The summed E-state index contributed by atoms with van der Waals surface area (Å²) in [6.07, 6.45) is 7.82. The van der Waals surface area contributed by atoms with Gasteiger partial charge in [0.2, 0.25) is 0 Å². The van der Waals surface area contributed by atoms with Gasteiger partial charge in [0.25, 0.3) is 0 Å². The molecule has 0 aromatic carbocycles. The van der Waals surface area contributed by atoms with E-state index < -0.39 is 0 Å². The van der Waals surface area contributed by atoms with Crippen LogP contribution in [0.4, 0.5) is 0 Å². The number of rotatable bonds is 3. The van der Waals surface area contributed by atoms with Gasteiger partial charge in [-0.25, -0.2) is 15.0 Å². The van der Waals surface area contributed by atoms with E-state index in [4.69, 9.17) is 11.6 Å². The largest absolute Gasteiger partial charge is 0.328 e. The molecule has 0 saturated carbocycles. The van der Waals surface area contributed by atoms with Crippen molar-refractivity contribution in [3.05, 3.63) is 28.9 Å². The fraction of sp³-hybridized carbons (Fsp3) is 0.462. The number of nitrogens with zero attached hydrogens (tertiary/aromatic N) is 4. The summed E-state index contributed by atoms with van der Waals surface area (Å²) in [4.78, 5) is 13.2. The van der Waals surface area contributed by atoms with Crippen molar-refractivity contribution >= 4 is 11.6 Å². The molecular weight excluding hydrogens is 248 g/mol. The zero-order valence-corrected chi connectivity index (χ0v) is 11.1. The van der Waals surface area contributed by atoms with E-state index in [1.165, 1.54) is 0 Å². The normalized spacial score (nSPS) is 13.9. The highest BCUT2D eigenvalue weighted by Gasteiger charge is 2.19. The topological polar surface area (TPSA) is 43.6 Å². The molecule has 0 radical (unpaired) electrons. The van der Waals surface area contributed by atoms with Crippen molar-refractivity contribution in [3.63, 3.8) is 0 Å². The van der Waals surface area contributed by atoms with Gasteiger partial charge in [0.15, 0.2) is 5.82 Å². The molecule has 0 bridgehead atoms. The standard InChI is InChI=1S/C13H15ClN4/c1-2-6-18-8-15-7-11(18)13-16-10-5-3-4-9(10)12(14)17-13/h7-8H,2-6H2,1H3. The number of imidazole rings is 1. The number of halogens is 1.